The fourth-order valence-corrected chi connectivity index (χ4v) is 3.97. The Morgan fingerprint density at radius 1 is 1.15 bits per heavy atom. The summed E-state index contributed by atoms with van der Waals surface area (Å²) in [5.41, 5.74) is 0.923. The molecular weight excluding hydrogens is 380 g/mol. The van der Waals surface area contributed by atoms with Crippen LogP contribution in [0.25, 0.3) is 0 Å². The summed E-state index contributed by atoms with van der Waals surface area (Å²) in [6.45, 7) is -0.395. The van der Waals surface area contributed by atoms with Gasteiger partial charge in [0.15, 0.2) is 6.61 Å². The van der Waals surface area contributed by atoms with Crippen molar-refractivity contribution in [1.82, 2.24) is 10.0 Å². The van der Waals surface area contributed by atoms with Gasteiger partial charge in [-0.15, -0.1) is 11.3 Å². The predicted octanol–water partition coefficient (Wildman–Crippen LogP) is 0.849. The fraction of sp³-hybridized carbons (Fsp3) is 0.250. The molecule has 1 aromatic heterocycles. The van der Waals surface area contributed by atoms with Crippen molar-refractivity contribution in [3.8, 4) is 5.75 Å². The Morgan fingerprint density at radius 3 is 2.50 bits per heavy atom. The third-order valence-electron chi connectivity index (χ3n) is 3.20. The van der Waals surface area contributed by atoms with E-state index in [0.717, 1.165) is 16.9 Å². The van der Waals surface area contributed by atoms with E-state index in [9.17, 15) is 18.0 Å². The number of thiophene rings is 1. The Hall–Kier alpha value is -2.43. The second-order valence-corrected chi connectivity index (χ2v) is 8.12. The molecule has 1 aromatic carbocycles. The molecule has 0 unspecified atom stereocenters. The number of amides is 1. The summed E-state index contributed by atoms with van der Waals surface area (Å²) in [5, 5.41) is 12.8. The minimum atomic E-state index is -3.65. The summed E-state index contributed by atoms with van der Waals surface area (Å²) in [6, 6.07) is 9.92. The van der Waals surface area contributed by atoms with Gasteiger partial charge in [-0.1, -0.05) is 18.2 Å². The molecule has 0 atom stereocenters. The smallest absolute Gasteiger partial charge is 0.341 e. The van der Waals surface area contributed by atoms with Gasteiger partial charge in [0, 0.05) is 6.54 Å². The van der Waals surface area contributed by atoms with Crippen molar-refractivity contribution in [1.29, 1.82) is 0 Å². The number of ether oxygens (including phenoxy) is 1. The number of aliphatic carboxylic acids is 1. The van der Waals surface area contributed by atoms with E-state index in [1.165, 1.54) is 6.07 Å². The molecule has 0 saturated carbocycles. The van der Waals surface area contributed by atoms with Crippen molar-refractivity contribution in [3.63, 3.8) is 0 Å². The Labute approximate surface area is 154 Å². The van der Waals surface area contributed by atoms with Crippen LogP contribution >= 0.6 is 11.3 Å². The number of carbonyl (C=O) groups is 2. The van der Waals surface area contributed by atoms with Gasteiger partial charge in [0.2, 0.25) is 5.91 Å². The van der Waals surface area contributed by atoms with Crippen molar-refractivity contribution >= 4 is 33.2 Å². The van der Waals surface area contributed by atoms with Gasteiger partial charge in [-0.25, -0.2) is 17.9 Å². The zero-order chi connectivity index (χ0) is 19.0. The highest BCUT2D eigenvalue weighted by molar-refractivity contribution is 7.91. The van der Waals surface area contributed by atoms with Crippen LogP contribution in [0.15, 0.2) is 46.0 Å². The van der Waals surface area contributed by atoms with Crippen LogP contribution in [0, 0.1) is 0 Å². The molecule has 0 spiro atoms. The molecule has 8 nitrogen and oxygen atoms in total. The van der Waals surface area contributed by atoms with Crippen LogP contribution in [0.5, 0.6) is 5.75 Å². The Morgan fingerprint density at radius 2 is 1.88 bits per heavy atom. The first kappa shape index (κ1) is 19.9. The molecule has 0 aliphatic rings. The SMILES string of the molecule is O=C(O)COc1ccc(CCNC(=O)CNS(=O)(=O)c2cccs2)cc1. The number of hydrogen-bond donors (Lipinski definition) is 3. The van der Waals surface area contributed by atoms with Crippen molar-refractivity contribution in [2.24, 2.45) is 0 Å². The lowest BCUT2D eigenvalue weighted by molar-refractivity contribution is -0.139. The molecule has 2 rings (SSSR count). The summed E-state index contributed by atoms with van der Waals surface area (Å²) in [7, 11) is -3.65. The highest BCUT2D eigenvalue weighted by atomic mass is 32.2. The maximum atomic E-state index is 11.9. The average Bonchev–Trinajstić information content (AvgIpc) is 3.15. The second-order valence-electron chi connectivity index (χ2n) is 5.18. The summed E-state index contributed by atoms with van der Waals surface area (Å²) < 4.78 is 31.2. The van der Waals surface area contributed by atoms with Crippen molar-refractivity contribution in [2.75, 3.05) is 19.7 Å². The van der Waals surface area contributed by atoms with E-state index in [-0.39, 0.29) is 10.8 Å². The van der Waals surface area contributed by atoms with Gasteiger partial charge in [0.05, 0.1) is 6.54 Å². The van der Waals surface area contributed by atoms with Crippen LogP contribution in [0.1, 0.15) is 5.56 Å². The minimum Gasteiger partial charge on any atom is -0.482 e. The second kappa shape index (κ2) is 9.32. The van der Waals surface area contributed by atoms with E-state index in [4.69, 9.17) is 9.84 Å². The number of sulfonamides is 1. The third-order valence-corrected chi connectivity index (χ3v) is 6.00. The first-order valence-electron chi connectivity index (χ1n) is 7.60. The molecule has 26 heavy (non-hydrogen) atoms. The Balaban J connectivity index is 1.70. The van der Waals surface area contributed by atoms with E-state index in [2.05, 4.69) is 10.0 Å². The molecule has 140 valence electrons. The molecule has 0 bridgehead atoms. The molecular formula is C16H18N2O6S2. The molecule has 0 fully saturated rings. The van der Waals surface area contributed by atoms with Gasteiger partial charge in [-0.05, 0) is 35.6 Å². The lowest BCUT2D eigenvalue weighted by Gasteiger charge is -2.08. The molecule has 0 aliphatic carbocycles. The molecule has 10 heteroatoms. The highest BCUT2D eigenvalue weighted by Crippen LogP contribution is 2.15. The van der Waals surface area contributed by atoms with E-state index >= 15 is 0 Å². The quantitative estimate of drug-likeness (QED) is 0.545. The maximum absolute atomic E-state index is 11.9. The number of hydrogen-bond acceptors (Lipinski definition) is 6. The number of rotatable bonds is 10. The van der Waals surface area contributed by atoms with Crippen LogP contribution in [-0.2, 0) is 26.0 Å². The summed E-state index contributed by atoms with van der Waals surface area (Å²) in [5.74, 6) is -1.03. The first-order valence-corrected chi connectivity index (χ1v) is 9.96. The summed E-state index contributed by atoms with van der Waals surface area (Å²) in [4.78, 5) is 22.2. The maximum Gasteiger partial charge on any atom is 0.341 e. The molecule has 0 radical (unpaired) electrons. The molecule has 1 heterocycles. The lowest BCUT2D eigenvalue weighted by Crippen LogP contribution is -2.37. The van der Waals surface area contributed by atoms with Gasteiger partial charge in [-0.3, -0.25) is 4.79 Å². The number of carboxylic acids is 1. The van der Waals surface area contributed by atoms with Gasteiger partial charge in [-0.2, -0.15) is 0 Å². The minimum absolute atomic E-state index is 0.163. The van der Waals surface area contributed by atoms with Crippen molar-refractivity contribution < 1.29 is 27.9 Å². The van der Waals surface area contributed by atoms with E-state index in [1.807, 2.05) is 0 Å². The highest BCUT2D eigenvalue weighted by Gasteiger charge is 2.16. The number of nitrogens with one attached hydrogen (secondary N) is 2. The van der Waals surface area contributed by atoms with E-state index < -0.39 is 28.5 Å². The van der Waals surface area contributed by atoms with Gasteiger partial charge >= 0.3 is 5.97 Å². The van der Waals surface area contributed by atoms with Gasteiger partial charge in [0.1, 0.15) is 9.96 Å². The summed E-state index contributed by atoms with van der Waals surface area (Å²) in [6.07, 6.45) is 0.544. The molecule has 3 N–H and O–H groups in total. The van der Waals surface area contributed by atoms with Crippen molar-refractivity contribution in [2.45, 2.75) is 10.6 Å². The van der Waals surface area contributed by atoms with Gasteiger partial charge < -0.3 is 15.2 Å². The first-order chi connectivity index (χ1) is 12.4. The Bertz CT molecular complexity index is 832. The number of carboxylic acid groups (broad SMARTS) is 1. The number of benzene rings is 1. The third kappa shape index (κ3) is 6.47. The zero-order valence-corrected chi connectivity index (χ0v) is 15.3. The van der Waals surface area contributed by atoms with Crippen LogP contribution in [0.3, 0.4) is 0 Å². The van der Waals surface area contributed by atoms with Crippen molar-refractivity contribution in [3.05, 3.63) is 47.3 Å². The van der Waals surface area contributed by atoms with Gasteiger partial charge in [0.25, 0.3) is 10.0 Å². The zero-order valence-electron chi connectivity index (χ0n) is 13.7. The van der Waals surface area contributed by atoms with E-state index in [1.54, 1.807) is 35.7 Å². The summed E-state index contributed by atoms with van der Waals surface area (Å²) >= 11 is 1.08. The standard InChI is InChI=1S/C16H18N2O6S2/c19-14(10-18-26(22,23)16-2-1-9-25-16)17-8-7-12-3-5-13(6-4-12)24-11-15(20)21/h1-6,9,18H,7-8,10-11H2,(H,17,19)(H,20,21). The fourth-order valence-electron chi connectivity index (χ4n) is 1.95. The monoisotopic (exact) mass is 398 g/mol. The van der Waals surface area contributed by atoms with Crippen LogP contribution in [0.2, 0.25) is 0 Å². The predicted molar refractivity (Wildman–Crippen MR) is 95.8 cm³/mol. The molecule has 0 saturated heterocycles. The molecule has 0 aliphatic heterocycles. The van der Waals surface area contributed by atoms with Crippen LogP contribution < -0.4 is 14.8 Å². The topological polar surface area (TPSA) is 122 Å². The number of carbonyl (C=O) groups excluding carboxylic acids is 1. The largest absolute Gasteiger partial charge is 0.482 e. The molecule has 2 aromatic rings. The normalized spacial score (nSPS) is 11.1. The van der Waals surface area contributed by atoms with Crippen LogP contribution in [0.4, 0.5) is 0 Å². The molecule has 1 amide bonds. The van der Waals surface area contributed by atoms with E-state index in [0.29, 0.717) is 18.7 Å². The van der Waals surface area contributed by atoms with Crippen LogP contribution in [-0.4, -0.2) is 45.1 Å². The average molecular weight is 398 g/mol. The lowest BCUT2D eigenvalue weighted by atomic mass is 10.1. The Kier molecular flexibility index (Phi) is 7.13.